The van der Waals surface area contributed by atoms with Gasteiger partial charge in [-0.05, 0) is 62.1 Å². The molecule has 0 radical (unpaired) electrons. The van der Waals surface area contributed by atoms with E-state index >= 15 is 0 Å². The third-order valence-corrected chi connectivity index (χ3v) is 7.40. The summed E-state index contributed by atoms with van der Waals surface area (Å²) in [6, 6.07) is 14.9. The van der Waals surface area contributed by atoms with Crippen LogP contribution in [0.1, 0.15) is 66.9 Å². The van der Waals surface area contributed by atoms with Crippen molar-refractivity contribution in [3.05, 3.63) is 66.0 Å². The van der Waals surface area contributed by atoms with Crippen LogP contribution >= 0.6 is 0 Å². The number of nitrogens with one attached hydrogen (secondary N) is 1. The summed E-state index contributed by atoms with van der Waals surface area (Å²) >= 11 is 0. The van der Waals surface area contributed by atoms with E-state index in [0.29, 0.717) is 11.6 Å². The van der Waals surface area contributed by atoms with Crippen LogP contribution in [0.25, 0.3) is 0 Å². The Morgan fingerprint density at radius 2 is 1.79 bits per heavy atom. The summed E-state index contributed by atoms with van der Waals surface area (Å²) in [4.78, 5) is 19.9. The lowest BCUT2D eigenvalue weighted by Gasteiger charge is -2.44. The Labute approximate surface area is 167 Å². The molecular weight excluding hydrogens is 346 g/mol. The SMILES string of the molecule is O=C(NC(c1ccccc1)C12CCC(CC1)N2CC1CCC1)c1ccncc1. The number of hydrogen-bond acceptors (Lipinski definition) is 3. The minimum absolute atomic E-state index is 0.00423. The molecule has 3 aliphatic rings. The first-order chi connectivity index (χ1) is 13.8. The average Bonchev–Trinajstić information content (AvgIpc) is 3.25. The number of pyridine rings is 1. The van der Waals surface area contributed by atoms with Gasteiger partial charge in [-0.15, -0.1) is 0 Å². The Morgan fingerprint density at radius 1 is 1.07 bits per heavy atom. The van der Waals surface area contributed by atoms with Gasteiger partial charge in [0.05, 0.1) is 6.04 Å². The summed E-state index contributed by atoms with van der Waals surface area (Å²) in [6.07, 6.45) is 12.4. The van der Waals surface area contributed by atoms with E-state index in [1.54, 1.807) is 24.5 Å². The van der Waals surface area contributed by atoms with Gasteiger partial charge in [-0.3, -0.25) is 14.7 Å². The van der Waals surface area contributed by atoms with Crippen molar-refractivity contribution in [2.45, 2.75) is 62.6 Å². The first kappa shape index (κ1) is 17.9. The van der Waals surface area contributed by atoms with E-state index in [2.05, 4.69) is 45.5 Å². The van der Waals surface area contributed by atoms with Crippen LogP contribution in [0, 0.1) is 5.92 Å². The second kappa shape index (κ2) is 7.32. The summed E-state index contributed by atoms with van der Waals surface area (Å²) in [5, 5.41) is 3.44. The van der Waals surface area contributed by atoms with Gasteiger partial charge in [0.15, 0.2) is 0 Å². The summed E-state index contributed by atoms with van der Waals surface area (Å²) in [5.74, 6) is 0.856. The molecule has 3 heterocycles. The Kier molecular flexibility index (Phi) is 4.67. The van der Waals surface area contributed by atoms with Crippen LogP contribution < -0.4 is 5.32 Å². The number of nitrogens with zero attached hydrogens (tertiary/aromatic N) is 2. The van der Waals surface area contributed by atoms with Gasteiger partial charge in [0.1, 0.15) is 0 Å². The highest BCUT2D eigenvalue weighted by Crippen LogP contribution is 2.53. The number of carbonyl (C=O) groups is 1. The van der Waals surface area contributed by atoms with E-state index in [1.807, 2.05) is 0 Å². The van der Waals surface area contributed by atoms with Crippen LogP contribution in [-0.2, 0) is 0 Å². The lowest BCUT2D eigenvalue weighted by atomic mass is 9.77. The van der Waals surface area contributed by atoms with Crippen LogP contribution in [0.4, 0.5) is 0 Å². The van der Waals surface area contributed by atoms with Crippen molar-refractivity contribution in [3.63, 3.8) is 0 Å². The highest BCUT2D eigenvalue weighted by Gasteiger charge is 2.56. The highest BCUT2D eigenvalue weighted by atomic mass is 16.1. The van der Waals surface area contributed by atoms with E-state index < -0.39 is 0 Å². The fourth-order valence-electron chi connectivity index (χ4n) is 5.69. The Balaban J connectivity index is 1.48. The molecule has 146 valence electrons. The van der Waals surface area contributed by atoms with Gasteiger partial charge in [-0.25, -0.2) is 0 Å². The summed E-state index contributed by atoms with van der Waals surface area (Å²) in [5.41, 5.74) is 1.97. The molecule has 1 aliphatic carbocycles. The monoisotopic (exact) mass is 375 g/mol. The van der Waals surface area contributed by atoms with Crippen molar-refractivity contribution in [1.82, 2.24) is 15.2 Å². The van der Waals surface area contributed by atoms with E-state index in [0.717, 1.165) is 5.92 Å². The molecular formula is C24H29N3O. The molecule has 1 aromatic carbocycles. The Hall–Kier alpha value is -2.20. The predicted molar refractivity (Wildman–Crippen MR) is 110 cm³/mol. The number of fused-ring (bicyclic) bond motifs is 2. The molecule has 2 saturated heterocycles. The van der Waals surface area contributed by atoms with Crippen molar-refractivity contribution in [2.75, 3.05) is 6.54 Å². The number of carbonyl (C=O) groups excluding carboxylic acids is 1. The highest BCUT2D eigenvalue weighted by molar-refractivity contribution is 5.94. The maximum Gasteiger partial charge on any atom is 0.251 e. The molecule has 1 aromatic heterocycles. The predicted octanol–water partition coefficient (Wildman–Crippen LogP) is 4.35. The Morgan fingerprint density at radius 3 is 2.43 bits per heavy atom. The molecule has 1 amide bonds. The fourth-order valence-corrected chi connectivity index (χ4v) is 5.69. The van der Waals surface area contributed by atoms with Gasteiger partial charge in [-0.1, -0.05) is 36.8 Å². The zero-order valence-electron chi connectivity index (χ0n) is 16.4. The zero-order valence-corrected chi connectivity index (χ0v) is 16.4. The van der Waals surface area contributed by atoms with Gasteiger partial charge in [0, 0.05) is 36.1 Å². The molecule has 2 aliphatic heterocycles. The molecule has 1 N–H and O–H groups in total. The number of amides is 1. The molecule has 3 fully saturated rings. The maximum atomic E-state index is 13.1. The van der Waals surface area contributed by atoms with Gasteiger partial charge in [0.25, 0.3) is 5.91 Å². The van der Waals surface area contributed by atoms with Gasteiger partial charge in [0.2, 0.25) is 0 Å². The van der Waals surface area contributed by atoms with Crippen LogP contribution in [0.3, 0.4) is 0 Å². The molecule has 5 rings (SSSR count). The van der Waals surface area contributed by atoms with Gasteiger partial charge >= 0.3 is 0 Å². The molecule has 2 bridgehead atoms. The number of hydrogen-bond donors (Lipinski definition) is 1. The van der Waals surface area contributed by atoms with Crippen molar-refractivity contribution >= 4 is 5.91 Å². The smallest absolute Gasteiger partial charge is 0.251 e. The minimum atomic E-state index is 0.00423. The molecule has 1 atom stereocenters. The minimum Gasteiger partial charge on any atom is -0.343 e. The quantitative estimate of drug-likeness (QED) is 0.816. The molecule has 4 heteroatoms. The van der Waals surface area contributed by atoms with Crippen LogP contribution in [-0.4, -0.2) is 33.9 Å². The molecule has 28 heavy (non-hydrogen) atoms. The van der Waals surface area contributed by atoms with E-state index in [9.17, 15) is 4.79 Å². The van der Waals surface area contributed by atoms with Crippen LogP contribution in [0.5, 0.6) is 0 Å². The maximum absolute atomic E-state index is 13.1. The van der Waals surface area contributed by atoms with Crippen LogP contribution in [0.15, 0.2) is 54.9 Å². The lowest BCUT2D eigenvalue weighted by molar-refractivity contribution is 0.0631. The standard InChI is InChI=1S/C24H29N3O/c28-23(20-11-15-25-16-12-20)26-22(19-7-2-1-3-8-19)24-13-9-21(10-14-24)27(24)17-18-5-4-6-18/h1-3,7-8,11-12,15-16,18,21-22H,4-6,9-10,13-14,17H2,(H,26,28). The number of rotatable bonds is 6. The number of benzene rings is 1. The summed E-state index contributed by atoms with van der Waals surface area (Å²) < 4.78 is 0. The first-order valence-corrected chi connectivity index (χ1v) is 10.8. The fraction of sp³-hybridized carbons (Fsp3) is 0.500. The summed E-state index contributed by atoms with van der Waals surface area (Å²) in [6.45, 7) is 1.21. The van der Waals surface area contributed by atoms with Gasteiger partial charge in [-0.2, -0.15) is 0 Å². The van der Waals surface area contributed by atoms with Crippen molar-refractivity contribution in [2.24, 2.45) is 5.92 Å². The second-order valence-electron chi connectivity index (χ2n) is 8.84. The third kappa shape index (κ3) is 3.04. The van der Waals surface area contributed by atoms with Crippen LogP contribution in [0.2, 0.25) is 0 Å². The van der Waals surface area contributed by atoms with Crippen molar-refractivity contribution < 1.29 is 4.79 Å². The molecule has 1 saturated carbocycles. The third-order valence-electron chi connectivity index (χ3n) is 7.40. The molecule has 4 nitrogen and oxygen atoms in total. The van der Waals surface area contributed by atoms with Crippen molar-refractivity contribution in [3.8, 4) is 0 Å². The zero-order chi connectivity index (χ0) is 19.0. The molecule has 1 unspecified atom stereocenters. The topological polar surface area (TPSA) is 45.2 Å². The number of aromatic nitrogens is 1. The average molecular weight is 376 g/mol. The van der Waals surface area contributed by atoms with Crippen molar-refractivity contribution in [1.29, 1.82) is 0 Å². The normalized spacial score (nSPS) is 28.1. The summed E-state index contributed by atoms with van der Waals surface area (Å²) in [7, 11) is 0. The van der Waals surface area contributed by atoms with E-state index in [-0.39, 0.29) is 17.5 Å². The first-order valence-electron chi connectivity index (χ1n) is 10.8. The largest absolute Gasteiger partial charge is 0.343 e. The Bertz CT molecular complexity index is 810. The molecule has 2 aromatic rings. The van der Waals surface area contributed by atoms with E-state index in [1.165, 1.54) is 57.1 Å². The van der Waals surface area contributed by atoms with E-state index in [4.69, 9.17) is 0 Å². The molecule has 0 spiro atoms. The van der Waals surface area contributed by atoms with Gasteiger partial charge < -0.3 is 5.32 Å². The second-order valence-corrected chi connectivity index (χ2v) is 8.84. The lowest BCUT2D eigenvalue weighted by Crippen LogP contribution is -2.53.